The Morgan fingerprint density at radius 3 is 2.61 bits per heavy atom. The fraction of sp³-hybridized carbons (Fsp3) is 0.200. The molecule has 0 saturated carbocycles. The molecule has 94 valence electrons. The molecule has 0 spiro atoms. The van der Waals surface area contributed by atoms with Gasteiger partial charge in [0.1, 0.15) is 5.75 Å². The van der Waals surface area contributed by atoms with Gasteiger partial charge in [0.25, 0.3) is 0 Å². The standard InChI is InChI=1S/C15H16ClNO/c1-11(14-9-13(16)7-8-15(14)18)17-10-12-5-3-2-4-6-12/h2-9,11,17-18H,10H2,1H3. The Balaban J connectivity index is 2.03. The van der Waals surface area contributed by atoms with Crippen LogP contribution < -0.4 is 5.32 Å². The average molecular weight is 262 g/mol. The van der Waals surface area contributed by atoms with Crippen molar-refractivity contribution in [3.8, 4) is 5.75 Å². The van der Waals surface area contributed by atoms with Gasteiger partial charge in [0.05, 0.1) is 0 Å². The first kappa shape index (κ1) is 12.9. The Morgan fingerprint density at radius 1 is 1.17 bits per heavy atom. The quantitative estimate of drug-likeness (QED) is 0.875. The molecule has 0 aliphatic heterocycles. The van der Waals surface area contributed by atoms with Crippen LogP contribution in [0.25, 0.3) is 0 Å². The molecule has 0 saturated heterocycles. The van der Waals surface area contributed by atoms with Crippen molar-refractivity contribution in [3.05, 3.63) is 64.7 Å². The summed E-state index contributed by atoms with van der Waals surface area (Å²) < 4.78 is 0. The summed E-state index contributed by atoms with van der Waals surface area (Å²) in [4.78, 5) is 0. The van der Waals surface area contributed by atoms with Gasteiger partial charge in [0.15, 0.2) is 0 Å². The smallest absolute Gasteiger partial charge is 0.120 e. The summed E-state index contributed by atoms with van der Waals surface area (Å²) in [5.41, 5.74) is 2.03. The van der Waals surface area contributed by atoms with Crippen LogP contribution >= 0.6 is 11.6 Å². The summed E-state index contributed by atoms with van der Waals surface area (Å²) in [6, 6.07) is 15.3. The Bertz CT molecular complexity index is 513. The summed E-state index contributed by atoms with van der Waals surface area (Å²) in [5, 5.41) is 13.8. The maximum absolute atomic E-state index is 9.80. The predicted octanol–water partition coefficient (Wildman–Crippen LogP) is 3.90. The highest BCUT2D eigenvalue weighted by molar-refractivity contribution is 6.30. The van der Waals surface area contributed by atoms with Crippen LogP contribution in [0, 0.1) is 0 Å². The van der Waals surface area contributed by atoms with Gasteiger partial charge in [-0.15, -0.1) is 0 Å². The maximum atomic E-state index is 9.80. The highest BCUT2D eigenvalue weighted by Crippen LogP contribution is 2.27. The van der Waals surface area contributed by atoms with Gasteiger partial charge >= 0.3 is 0 Å². The van der Waals surface area contributed by atoms with Crippen molar-refractivity contribution < 1.29 is 5.11 Å². The molecule has 1 unspecified atom stereocenters. The SMILES string of the molecule is CC(NCc1ccccc1)c1cc(Cl)ccc1O. The zero-order valence-electron chi connectivity index (χ0n) is 10.2. The molecule has 18 heavy (non-hydrogen) atoms. The Kier molecular flexibility index (Phi) is 4.24. The van der Waals surface area contributed by atoms with E-state index in [4.69, 9.17) is 11.6 Å². The Morgan fingerprint density at radius 2 is 1.89 bits per heavy atom. The van der Waals surface area contributed by atoms with Gasteiger partial charge in [-0.3, -0.25) is 0 Å². The van der Waals surface area contributed by atoms with Crippen molar-refractivity contribution in [2.75, 3.05) is 0 Å². The van der Waals surface area contributed by atoms with Crippen molar-refractivity contribution in [2.45, 2.75) is 19.5 Å². The minimum Gasteiger partial charge on any atom is -0.508 e. The molecular weight excluding hydrogens is 246 g/mol. The normalized spacial score (nSPS) is 12.3. The topological polar surface area (TPSA) is 32.3 Å². The largest absolute Gasteiger partial charge is 0.508 e. The number of rotatable bonds is 4. The number of benzene rings is 2. The molecule has 3 heteroatoms. The van der Waals surface area contributed by atoms with Crippen molar-refractivity contribution in [1.82, 2.24) is 5.32 Å². The third-order valence-corrected chi connectivity index (χ3v) is 3.15. The summed E-state index contributed by atoms with van der Waals surface area (Å²) in [6.07, 6.45) is 0. The van der Waals surface area contributed by atoms with E-state index < -0.39 is 0 Å². The molecule has 0 radical (unpaired) electrons. The van der Waals surface area contributed by atoms with Gasteiger partial charge in [-0.1, -0.05) is 41.9 Å². The highest BCUT2D eigenvalue weighted by atomic mass is 35.5. The molecule has 2 aromatic carbocycles. The second-order valence-electron chi connectivity index (χ2n) is 4.29. The van der Waals surface area contributed by atoms with E-state index in [1.165, 1.54) is 5.56 Å². The van der Waals surface area contributed by atoms with Gasteiger partial charge < -0.3 is 10.4 Å². The molecule has 2 N–H and O–H groups in total. The van der Waals surface area contributed by atoms with Gasteiger partial charge in [0, 0.05) is 23.2 Å². The van der Waals surface area contributed by atoms with Gasteiger partial charge in [-0.2, -0.15) is 0 Å². The summed E-state index contributed by atoms with van der Waals surface area (Å²) in [7, 11) is 0. The van der Waals surface area contributed by atoms with Gasteiger partial charge in [-0.25, -0.2) is 0 Å². The first-order valence-electron chi connectivity index (χ1n) is 5.92. The van der Waals surface area contributed by atoms with Crippen LogP contribution in [0.5, 0.6) is 5.75 Å². The minimum atomic E-state index is 0.0453. The molecule has 0 aliphatic carbocycles. The minimum absolute atomic E-state index is 0.0453. The molecule has 2 rings (SSSR count). The van der Waals surface area contributed by atoms with E-state index in [-0.39, 0.29) is 11.8 Å². The summed E-state index contributed by atoms with van der Waals surface area (Å²) in [5.74, 6) is 0.271. The average Bonchev–Trinajstić information content (AvgIpc) is 2.40. The second-order valence-corrected chi connectivity index (χ2v) is 4.73. The number of hydrogen-bond donors (Lipinski definition) is 2. The monoisotopic (exact) mass is 261 g/mol. The van der Waals surface area contributed by atoms with E-state index in [0.29, 0.717) is 5.02 Å². The zero-order chi connectivity index (χ0) is 13.0. The van der Waals surface area contributed by atoms with Crippen molar-refractivity contribution >= 4 is 11.6 Å². The molecule has 0 fully saturated rings. The van der Waals surface area contributed by atoms with Crippen molar-refractivity contribution in [2.24, 2.45) is 0 Å². The molecule has 2 aromatic rings. The lowest BCUT2D eigenvalue weighted by atomic mass is 10.1. The first-order chi connectivity index (χ1) is 8.66. The molecule has 2 nitrogen and oxygen atoms in total. The van der Waals surface area contributed by atoms with Crippen LogP contribution in [0.15, 0.2) is 48.5 Å². The van der Waals surface area contributed by atoms with Crippen LogP contribution in [0.1, 0.15) is 24.1 Å². The number of phenols is 1. The van der Waals surface area contributed by atoms with E-state index in [0.717, 1.165) is 12.1 Å². The number of hydrogen-bond acceptors (Lipinski definition) is 2. The molecule has 1 atom stereocenters. The van der Waals surface area contributed by atoms with Crippen LogP contribution in [0.4, 0.5) is 0 Å². The molecule has 0 bridgehead atoms. The molecule has 0 aromatic heterocycles. The molecule has 0 amide bonds. The van der Waals surface area contributed by atoms with E-state index in [9.17, 15) is 5.11 Å². The van der Waals surface area contributed by atoms with Gasteiger partial charge in [-0.05, 0) is 30.7 Å². The van der Waals surface area contributed by atoms with Crippen molar-refractivity contribution in [3.63, 3.8) is 0 Å². The number of halogens is 1. The second kappa shape index (κ2) is 5.89. The third-order valence-electron chi connectivity index (χ3n) is 2.91. The molecule has 0 heterocycles. The van der Waals surface area contributed by atoms with E-state index in [2.05, 4.69) is 17.4 Å². The van der Waals surface area contributed by atoms with Crippen LogP contribution in [-0.2, 0) is 6.54 Å². The number of phenolic OH excluding ortho intramolecular Hbond substituents is 1. The predicted molar refractivity (Wildman–Crippen MR) is 74.8 cm³/mol. The highest BCUT2D eigenvalue weighted by Gasteiger charge is 2.10. The number of aromatic hydroxyl groups is 1. The fourth-order valence-corrected chi connectivity index (χ4v) is 2.03. The molecule has 0 aliphatic rings. The van der Waals surface area contributed by atoms with Crippen LogP contribution in [-0.4, -0.2) is 5.11 Å². The number of nitrogens with one attached hydrogen (secondary N) is 1. The lowest BCUT2D eigenvalue weighted by molar-refractivity contribution is 0.452. The van der Waals surface area contributed by atoms with Crippen LogP contribution in [0.2, 0.25) is 5.02 Å². The lowest BCUT2D eigenvalue weighted by Gasteiger charge is -2.16. The van der Waals surface area contributed by atoms with Crippen molar-refractivity contribution in [1.29, 1.82) is 0 Å². The Labute approximate surface area is 112 Å². The zero-order valence-corrected chi connectivity index (χ0v) is 11.0. The van der Waals surface area contributed by atoms with Crippen LogP contribution in [0.3, 0.4) is 0 Å². The first-order valence-corrected chi connectivity index (χ1v) is 6.30. The summed E-state index contributed by atoms with van der Waals surface area (Å²) in [6.45, 7) is 2.77. The van der Waals surface area contributed by atoms with Gasteiger partial charge in [0.2, 0.25) is 0 Å². The fourth-order valence-electron chi connectivity index (χ4n) is 1.85. The van der Waals surface area contributed by atoms with E-state index in [1.807, 2.05) is 25.1 Å². The van der Waals surface area contributed by atoms with E-state index >= 15 is 0 Å². The molecular formula is C15H16ClNO. The third kappa shape index (κ3) is 3.25. The lowest BCUT2D eigenvalue weighted by Crippen LogP contribution is -2.18. The summed E-state index contributed by atoms with van der Waals surface area (Å²) >= 11 is 5.94. The van der Waals surface area contributed by atoms with E-state index in [1.54, 1.807) is 18.2 Å². The Hall–Kier alpha value is -1.51. The maximum Gasteiger partial charge on any atom is 0.120 e.